The minimum absolute atomic E-state index is 0.0957. The van der Waals surface area contributed by atoms with Crippen LogP contribution >= 0.6 is 23.2 Å². The van der Waals surface area contributed by atoms with Gasteiger partial charge < -0.3 is 5.11 Å². The number of aliphatic hydroxyl groups excluding tert-OH is 1. The molecular weight excluding hydrogens is 295 g/mol. The summed E-state index contributed by atoms with van der Waals surface area (Å²) in [6.45, 7) is 2.00. The molecule has 20 heavy (non-hydrogen) atoms. The van der Waals surface area contributed by atoms with Gasteiger partial charge in [0, 0.05) is 42.1 Å². The zero-order valence-corrected chi connectivity index (χ0v) is 12.5. The molecule has 0 aliphatic heterocycles. The second-order valence-corrected chi connectivity index (χ2v) is 5.37. The zero-order valence-electron chi connectivity index (χ0n) is 11.0. The number of rotatable bonds is 6. The molecule has 0 aliphatic carbocycles. The van der Waals surface area contributed by atoms with Gasteiger partial charge in [-0.1, -0.05) is 29.3 Å². The summed E-state index contributed by atoms with van der Waals surface area (Å²) in [5, 5.41) is 10.5. The van der Waals surface area contributed by atoms with Crippen LogP contribution in [-0.2, 0) is 13.1 Å². The summed E-state index contributed by atoms with van der Waals surface area (Å²) in [7, 11) is 0. The highest BCUT2D eigenvalue weighted by molar-refractivity contribution is 6.33. The Morgan fingerprint density at radius 3 is 2.70 bits per heavy atom. The first kappa shape index (κ1) is 15.3. The van der Waals surface area contributed by atoms with Crippen LogP contribution in [0.25, 0.3) is 0 Å². The molecule has 0 radical (unpaired) electrons. The number of aromatic nitrogens is 1. The third kappa shape index (κ3) is 4.46. The van der Waals surface area contributed by atoms with Gasteiger partial charge in [-0.15, -0.1) is 0 Å². The molecule has 3 nitrogen and oxygen atoms in total. The maximum absolute atomic E-state index is 9.20. The largest absolute Gasteiger partial charge is 0.395 e. The molecule has 106 valence electrons. The van der Waals surface area contributed by atoms with E-state index in [9.17, 15) is 5.11 Å². The van der Waals surface area contributed by atoms with Crippen LogP contribution in [0, 0.1) is 0 Å². The number of benzene rings is 1. The summed E-state index contributed by atoms with van der Waals surface area (Å²) in [6.07, 6.45) is 3.57. The third-order valence-electron chi connectivity index (χ3n) is 2.95. The predicted octanol–water partition coefficient (Wildman–Crippen LogP) is 3.38. The van der Waals surface area contributed by atoms with E-state index in [1.165, 1.54) is 0 Å². The molecule has 0 unspecified atom stereocenters. The van der Waals surface area contributed by atoms with Crippen LogP contribution in [0.5, 0.6) is 0 Å². The highest BCUT2D eigenvalue weighted by atomic mass is 35.5. The fourth-order valence-electron chi connectivity index (χ4n) is 2.01. The first-order valence-electron chi connectivity index (χ1n) is 6.35. The zero-order chi connectivity index (χ0) is 14.4. The number of halogens is 2. The molecule has 2 rings (SSSR count). The van der Waals surface area contributed by atoms with E-state index >= 15 is 0 Å². The fourth-order valence-corrected chi connectivity index (χ4v) is 2.38. The monoisotopic (exact) mass is 310 g/mol. The van der Waals surface area contributed by atoms with Crippen molar-refractivity contribution in [3.8, 4) is 0 Å². The van der Waals surface area contributed by atoms with Gasteiger partial charge in [0.05, 0.1) is 6.61 Å². The Kier molecular flexibility index (Phi) is 5.80. The lowest BCUT2D eigenvalue weighted by molar-refractivity contribution is 0.184. The molecule has 5 heteroatoms. The molecule has 1 heterocycles. The molecule has 1 aromatic heterocycles. The fraction of sp³-hybridized carbons (Fsp3) is 0.267. The number of aliphatic hydroxyl groups is 1. The van der Waals surface area contributed by atoms with E-state index in [4.69, 9.17) is 23.2 Å². The van der Waals surface area contributed by atoms with Gasteiger partial charge in [0.2, 0.25) is 0 Å². The van der Waals surface area contributed by atoms with E-state index in [1.54, 1.807) is 18.3 Å². The van der Waals surface area contributed by atoms with Crippen molar-refractivity contribution in [2.75, 3.05) is 13.2 Å². The van der Waals surface area contributed by atoms with Crippen molar-refractivity contribution >= 4 is 23.2 Å². The quantitative estimate of drug-likeness (QED) is 0.888. The van der Waals surface area contributed by atoms with Crippen molar-refractivity contribution in [1.29, 1.82) is 0 Å². The first-order valence-corrected chi connectivity index (χ1v) is 7.10. The highest BCUT2D eigenvalue weighted by Crippen LogP contribution is 2.22. The standard InChI is InChI=1S/C15H16Cl2N2O/c16-14-3-4-15(17)13(8-14)11-19(6-7-20)10-12-2-1-5-18-9-12/h1-5,8-9,20H,6-7,10-11H2. The van der Waals surface area contributed by atoms with Crippen LogP contribution in [0.1, 0.15) is 11.1 Å². The molecule has 1 N–H and O–H groups in total. The summed E-state index contributed by atoms with van der Waals surface area (Å²) in [6, 6.07) is 9.33. The molecule has 0 bridgehead atoms. The van der Waals surface area contributed by atoms with Crippen molar-refractivity contribution in [2.45, 2.75) is 13.1 Å². The molecule has 0 fully saturated rings. The second kappa shape index (κ2) is 7.60. The van der Waals surface area contributed by atoms with Gasteiger partial charge in [-0.2, -0.15) is 0 Å². The Hall–Kier alpha value is -1.13. The van der Waals surface area contributed by atoms with Gasteiger partial charge in [-0.05, 0) is 35.4 Å². The van der Waals surface area contributed by atoms with Crippen LogP contribution in [-0.4, -0.2) is 28.1 Å². The van der Waals surface area contributed by atoms with E-state index < -0.39 is 0 Å². The van der Waals surface area contributed by atoms with Gasteiger partial charge in [-0.25, -0.2) is 0 Å². The van der Waals surface area contributed by atoms with Crippen molar-refractivity contribution in [3.05, 3.63) is 63.9 Å². The molecule has 0 saturated heterocycles. The number of hydrogen-bond acceptors (Lipinski definition) is 3. The molecule has 0 atom stereocenters. The minimum atomic E-state index is 0.0957. The predicted molar refractivity (Wildman–Crippen MR) is 81.9 cm³/mol. The normalized spacial score (nSPS) is 11.0. The SMILES string of the molecule is OCCN(Cc1cccnc1)Cc1cc(Cl)ccc1Cl. The minimum Gasteiger partial charge on any atom is -0.395 e. The molecule has 0 aliphatic rings. The first-order chi connectivity index (χ1) is 9.69. The van der Waals surface area contributed by atoms with Crippen molar-refractivity contribution in [3.63, 3.8) is 0 Å². The number of hydrogen-bond donors (Lipinski definition) is 1. The molecular formula is C15H16Cl2N2O. The van der Waals surface area contributed by atoms with Crippen molar-refractivity contribution < 1.29 is 5.11 Å². The summed E-state index contributed by atoms with van der Waals surface area (Å²) in [5.41, 5.74) is 2.05. The van der Waals surface area contributed by atoms with Gasteiger partial charge in [-0.3, -0.25) is 9.88 Å². The van der Waals surface area contributed by atoms with Gasteiger partial charge in [0.25, 0.3) is 0 Å². The molecule has 0 spiro atoms. The summed E-state index contributed by atoms with van der Waals surface area (Å²) >= 11 is 12.2. The van der Waals surface area contributed by atoms with Crippen LogP contribution in [0.2, 0.25) is 10.0 Å². The average molecular weight is 311 g/mol. The van der Waals surface area contributed by atoms with E-state index in [0.29, 0.717) is 29.7 Å². The van der Waals surface area contributed by atoms with Crippen molar-refractivity contribution in [2.24, 2.45) is 0 Å². The Morgan fingerprint density at radius 1 is 1.15 bits per heavy atom. The topological polar surface area (TPSA) is 36.4 Å². The number of pyridine rings is 1. The van der Waals surface area contributed by atoms with Crippen LogP contribution in [0.4, 0.5) is 0 Å². The molecule has 0 saturated carbocycles. The van der Waals surface area contributed by atoms with Gasteiger partial charge >= 0.3 is 0 Å². The molecule has 0 amide bonds. The Bertz CT molecular complexity index is 549. The maximum atomic E-state index is 9.20. The Balaban J connectivity index is 2.11. The maximum Gasteiger partial charge on any atom is 0.0558 e. The van der Waals surface area contributed by atoms with E-state index in [1.807, 2.05) is 24.4 Å². The summed E-state index contributed by atoms with van der Waals surface area (Å²) in [5.74, 6) is 0. The third-order valence-corrected chi connectivity index (χ3v) is 3.55. The average Bonchev–Trinajstić information content (AvgIpc) is 2.44. The summed E-state index contributed by atoms with van der Waals surface area (Å²) in [4.78, 5) is 6.21. The van der Waals surface area contributed by atoms with E-state index in [0.717, 1.165) is 11.1 Å². The van der Waals surface area contributed by atoms with E-state index in [-0.39, 0.29) is 6.61 Å². The second-order valence-electron chi connectivity index (χ2n) is 4.53. The van der Waals surface area contributed by atoms with Crippen LogP contribution in [0.3, 0.4) is 0 Å². The Morgan fingerprint density at radius 2 is 2.00 bits per heavy atom. The number of nitrogens with zero attached hydrogens (tertiary/aromatic N) is 2. The smallest absolute Gasteiger partial charge is 0.0558 e. The van der Waals surface area contributed by atoms with Crippen molar-refractivity contribution in [1.82, 2.24) is 9.88 Å². The molecule has 1 aromatic carbocycles. The van der Waals surface area contributed by atoms with E-state index in [2.05, 4.69) is 9.88 Å². The van der Waals surface area contributed by atoms with Crippen LogP contribution < -0.4 is 0 Å². The molecule has 2 aromatic rings. The lowest BCUT2D eigenvalue weighted by Crippen LogP contribution is -2.26. The highest BCUT2D eigenvalue weighted by Gasteiger charge is 2.10. The van der Waals surface area contributed by atoms with Crippen LogP contribution in [0.15, 0.2) is 42.7 Å². The lowest BCUT2D eigenvalue weighted by atomic mass is 10.2. The lowest BCUT2D eigenvalue weighted by Gasteiger charge is -2.22. The van der Waals surface area contributed by atoms with Gasteiger partial charge in [0.1, 0.15) is 0 Å². The van der Waals surface area contributed by atoms with Gasteiger partial charge in [0.15, 0.2) is 0 Å². The summed E-state index contributed by atoms with van der Waals surface area (Å²) < 4.78 is 0. The Labute approximate surface area is 128 Å².